The number of anilines is 1. The molecule has 5 rings (SSSR count). The number of carbonyl (C=O) groups excluding carboxylic acids is 2. The van der Waals surface area contributed by atoms with Crippen LogP contribution in [0, 0.1) is 9.87 Å². The largest absolute Gasteiger partial charge is 0.332 e. The van der Waals surface area contributed by atoms with E-state index < -0.39 is 11.2 Å². The van der Waals surface area contributed by atoms with Gasteiger partial charge in [0.1, 0.15) is 5.25 Å². The van der Waals surface area contributed by atoms with E-state index in [2.05, 4.69) is 20.9 Å². The zero-order chi connectivity index (χ0) is 18.7. The molecular formula is C18H11BrN2O2S4. The van der Waals surface area contributed by atoms with Gasteiger partial charge in [0, 0.05) is 20.1 Å². The molecule has 0 bridgehead atoms. The number of thiophene rings is 1. The average molecular weight is 495 g/mol. The molecule has 3 unspecified atom stereocenters. The van der Waals surface area contributed by atoms with Gasteiger partial charge in [-0.15, -0.1) is 22.7 Å². The molecule has 3 aromatic rings. The Bertz CT molecular complexity index is 1100. The molecule has 1 fully saturated rings. The smallest absolute Gasteiger partial charge is 0.248 e. The molecule has 27 heavy (non-hydrogen) atoms. The van der Waals surface area contributed by atoms with Crippen molar-refractivity contribution in [3.63, 3.8) is 0 Å². The van der Waals surface area contributed by atoms with E-state index in [4.69, 9.17) is 12.2 Å². The number of amides is 2. The Morgan fingerprint density at radius 3 is 2.59 bits per heavy atom. The lowest BCUT2D eigenvalue weighted by molar-refractivity contribution is -0.122. The number of imide groups is 1. The third-order valence-electron chi connectivity index (χ3n) is 4.76. The number of thioether (sulfide) groups is 1. The number of aromatic amines is 1. The Morgan fingerprint density at radius 2 is 1.89 bits per heavy atom. The van der Waals surface area contributed by atoms with Crippen LogP contribution in [0.2, 0.25) is 0 Å². The summed E-state index contributed by atoms with van der Waals surface area (Å²) in [5.41, 5.74) is 0.615. The number of fused-ring (bicyclic) bond motifs is 2. The predicted octanol–water partition coefficient (Wildman–Crippen LogP) is 5.43. The van der Waals surface area contributed by atoms with E-state index in [0.717, 1.165) is 19.3 Å². The summed E-state index contributed by atoms with van der Waals surface area (Å²) in [6.45, 7) is 0. The van der Waals surface area contributed by atoms with Gasteiger partial charge in [0.15, 0.2) is 3.95 Å². The van der Waals surface area contributed by atoms with Gasteiger partial charge in [0.05, 0.1) is 16.6 Å². The van der Waals surface area contributed by atoms with Crippen LogP contribution in [0.15, 0.2) is 51.3 Å². The van der Waals surface area contributed by atoms with Crippen molar-refractivity contribution in [2.45, 2.75) is 16.2 Å². The molecule has 2 aliphatic rings. The number of hydrogen-bond acceptors (Lipinski definition) is 6. The van der Waals surface area contributed by atoms with Crippen molar-refractivity contribution in [2.75, 3.05) is 4.90 Å². The summed E-state index contributed by atoms with van der Waals surface area (Å²) in [4.78, 5) is 33.3. The number of thiazole rings is 1. The molecule has 9 heteroatoms. The fourth-order valence-electron chi connectivity index (χ4n) is 3.64. The van der Waals surface area contributed by atoms with Gasteiger partial charge in [-0.25, -0.2) is 4.90 Å². The number of aromatic nitrogens is 1. The first-order chi connectivity index (χ1) is 13.0. The van der Waals surface area contributed by atoms with Crippen molar-refractivity contribution < 1.29 is 9.59 Å². The van der Waals surface area contributed by atoms with Crippen molar-refractivity contribution >= 4 is 80.1 Å². The van der Waals surface area contributed by atoms with Crippen LogP contribution < -0.4 is 4.90 Å². The fraction of sp³-hybridized carbons (Fsp3) is 0.167. The molecule has 1 saturated heterocycles. The van der Waals surface area contributed by atoms with Crippen LogP contribution in [-0.2, 0) is 9.59 Å². The van der Waals surface area contributed by atoms with Crippen LogP contribution >= 0.6 is 62.6 Å². The van der Waals surface area contributed by atoms with Gasteiger partial charge in [-0.3, -0.25) is 9.59 Å². The minimum Gasteiger partial charge on any atom is -0.332 e. The first-order valence-corrected chi connectivity index (χ1v) is 11.9. The van der Waals surface area contributed by atoms with E-state index in [-0.39, 0.29) is 17.7 Å². The van der Waals surface area contributed by atoms with Gasteiger partial charge in [-0.1, -0.05) is 33.8 Å². The van der Waals surface area contributed by atoms with Gasteiger partial charge >= 0.3 is 0 Å². The Balaban J connectivity index is 1.64. The highest BCUT2D eigenvalue weighted by Gasteiger charge is 2.56. The highest BCUT2D eigenvalue weighted by atomic mass is 79.9. The molecule has 0 spiro atoms. The zero-order valence-corrected chi connectivity index (χ0v) is 18.4. The Hall–Kier alpha value is -1.26. The Labute approximate surface area is 180 Å². The number of hydrogen-bond donors (Lipinski definition) is 1. The van der Waals surface area contributed by atoms with Gasteiger partial charge in [-0.05, 0) is 47.9 Å². The zero-order valence-electron chi connectivity index (χ0n) is 13.5. The SMILES string of the molecule is O=C1C2Sc3[nH]c(=S)sc3C(c3cccs3)C2C(=O)N1c1ccc(Br)cc1. The van der Waals surface area contributed by atoms with Gasteiger partial charge in [0.25, 0.3) is 0 Å². The molecule has 2 amide bonds. The molecule has 0 aliphatic carbocycles. The minimum absolute atomic E-state index is 0.136. The Kier molecular flexibility index (Phi) is 4.40. The van der Waals surface area contributed by atoms with Gasteiger partial charge in [-0.2, -0.15) is 0 Å². The summed E-state index contributed by atoms with van der Waals surface area (Å²) in [6, 6.07) is 11.3. The molecule has 4 nitrogen and oxygen atoms in total. The maximum Gasteiger partial charge on any atom is 0.248 e. The van der Waals surface area contributed by atoms with Crippen LogP contribution in [-0.4, -0.2) is 22.0 Å². The van der Waals surface area contributed by atoms with Crippen LogP contribution in [0.4, 0.5) is 5.69 Å². The fourth-order valence-corrected chi connectivity index (χ4v) is 7.81. The summed E-state index contributed by atoms with van der Waals surface area (Å²) in [7, 11) is 0. The van der Waals surface area contributed by atoms with Crippen LogP contribution in [0.5, 0.6) is 0 Å². The third-order valence-corrected chi connectivity index (χ3v) is 9.00. The van der Waals surface area contributed by atoms with Crippen LogP contribution in [0.25, 0.3) is 0 Å². The quantitative estimate of drug-likeness (QED) is 0.381. The lowest BCUT2D eigenvalue weighted by atomic mass is 9.87. The summed E-state index contributed by atoms with van der Waals surface area (Å²) >= 11 is 13.3. The number of rotatable bonds is 2. The number of nitrogens with one attached hydrogen (secondary N) is 1. The summed E-state index contributed by atoms with van der Waals surface area (Å²) in [6.07, 6.45) is 0. The second kappa shape index (κ2) is 6.66. The molecule has 4 heterocycles. The van der Waals surface area contributed by atoms with Crippen molar-refractivity contribution in [3.8, 4) is 0 Å². The van der Waals surface area contributed by atoms with E-state index >= 15 is 0 Å². The molecule has 0 saturated carbocycles. The number of benzene rings is 1. The van der Waals surface area contributed by atoms with Crippen molar-refractivity contribution in [2.24, 2.45) is 5.92 Å². The normalized spacial score (nSPS) is 24.2. The van der Waals surface area contributed by atoms with E-state index in [1.54, 1.807) is 23.5 Å². The highest BCUT2D eigenvalue weighted by Crippen LogP contribution is 2.54. The van der Waals surface area contributed by atoms with Crippen LogP contribution in [0.3, 0.4) is 0 Å². The first-order valence-electron chi connectivity index (χ1n) is 8.11. The monoisotopic (exact) mass is 494 g/mol. The standard InChI is InChI=1S/C18H11BrN2O2S4/c19-8-3-5-9(6-4-8)21-16(22)12-11(10-2-1-7-25-10)13-15(20-18(24)27-13)26-14(12)17(21)23/h1-7,11-12,14H,(H,20,24). The predicted molar refractivity (Wildman–Crippen MR) is 115 cm³/mol. The maximum absolute atomic E-state index is 13.4. The average Bonchev–Trinajstić information content (AvgIpc) is 3.34. The van der Waals surface area contributed by atoms with Crippen molar-refractivity contribution in [1.82, 2.24) is 4.98 Å². The molecule has 2 aromatic heterocycles. The van der Waals surface area contributed by atoms with Gasteiger partial charge < -0.3 is 4.98 Å². The van der Waals surface area contributed by atoms with Crippen molar-refractivity contribution in [1.29, 1.82) is 0 Å². The van der Waals surface area contributed by atoms with E-state index in [0.29, 0.717) is 9.64 Å². The Morgan fingerprint density at radius 1 is 1.11 bits per heavy atom. The second-order valence-electron chi connectivity index (χ2n) is 6.25. The molecule has 1 aromatic carbocycles. The lowest BCUT2D eigenvalue weighted by Gasteiger charge is -2.28. The summed E-state index contributed by atoms with van der Waals surface area (Å²) in [5, 5.41) is 2.48. The van der Waals surface area contributed by atoms with E-state index in [1.807, 2.05) is 29.6 Å². The molecular weight excluding hydrogens is 484 g/mol. The van der Waals surface area contributed by atoms with E-state index in [1.165, 1.54) is 28.0 Å². The number of carbonyl (C=O) groups is 2. The number of H-pyrrole nitrogens is 1. The number of halogens is 1. The van der Waals surface area contributed by atoms with Crippen LogP contribution in [0.1, 0.15) is 15.7 Å². The molecule has 1 N–H and O–H groups in total. The molecule has 136 valence electrons. The van der Waals surface area contributed by atoms with E-state index in [9.17, 15) is 9.59 Å². The highest BCUT2D eigenvalue weighted by molar-refractivity contribution is 9.10. The molecule has 2 aliphatic heterocycles. The van der Waals surface area contributed by atoms with Crippen molar-refractivity contribution in [3.05, 3.63) is 60.0 Å². The number of nitrogens with zero attached hydrogens (tertiary/aromatic N) is 1. The summed E-state index contributed by atoms with van der Waals surface area (Å²) in [5.74, 6) is -0.849. The summed E-state index contributed by atoms with van der Waals surface area (Å²) < 4.78 is 1.59. The lowest BCUT2D eigenvalue weighted by Crippen LogP contribution is -2.31. The minimum atomic E-state index is -0.444. The maximum atomic E-state index is 13.4. The third kappa shape index (κ3) is 2.79. The molecule has 0 radical (unpaired) electrons. The molecule has 3 atom stereocenters. The van der Waals surface area contributed by atoms with Gasteiger partial charge in [0.2, 0.25) is 11.8 Å². The topological polar surface area (TPSA) is 53.2 Å². The first kappa shape index (κ1) is 17.8. The second-order valence-corrected chi connectivity index (χ2v) is 11.0.